The molecular formula is C19H26ClNO6. The fraction of sp³-hybridized carbons (Fsp3) is 0.579. The van der Waals surface area contributed by atoms with E-state index in [4.69, 9.17) is 26.2 Å². The van der Waals surface area contributed by atoms with E-state index < -0.39 is 11.6 Å². The number of piperidine rings is 1. The van der Waals surface area contributed by atoms with Crippen LogP contribution in [0.15, 0.2) is 12.1 Å². The van der Waals surface area contributed by atoms with Crippen LogP contribution in [0.5, 0.6) is 11.5 Å². The van der Waals surface area contributed by atoms with E-state index in [0.29, 0.717) is 35.3 Å². The van der Waals surface area contributed by atoms with Crippen LogP contribution in [0, 0.1) is 0 Å². The molecule has 2 N–H and O–H groups in total. The van der Waals surface area contributed by atoms with Gasteiger partial charge >= 0.3 is 5.97 Å². The van der Waals surface area contributed by atoms with Gasteiger partial charge in [-0.25, -0.2) is 4.79 Å². The third-order valence-electron chi connectivity index (χ3n) is 4.58. The number of unbranched alkanes of at least 4 members (excludes halogenated alkanes) is 1. The third-order valence-corrected chi connectivity index (χ3v) is 4.86. The number of benzene rings is 1. The summed E-state index contributed by atoms with van der Waals surface area (Å²) in [5.41, 5.74) is -1.44. The number of ether oxygens (including phenoxy) is 2. The van der Waals surface area contributed by atoms with Crippen molar-refractivity contribution in [3.8, 4) is 11.5 Å². The van der Waals surface area contributed by atoms with Crippen molar-refractivity contribution >= 4 is 23.5 Å². The summed E-state index contributed by atoms with van der Waals surface area (Å²) < 4.78 is 11.3. The number of rotatable bonds is 8. The molecule has 0 aromatic heterocycles. The molecule has 1 aromatic rings. The van der Waals surface area contributed by atoms with Crippen molar-refractivity contribution in [3.63, 3.8) is 0 Å². The monoisotopic (exact) mass is 399 g/mol. The highest BCUT2D eigenvalue weighted by atomic mass is 35.5. The molecule has 0 aliphatic carbocycles. The zero-order chi connectivity index (χ0) is 20.0. The first-order valence-electron chi connectivity index (χ1n) is 9.16. The van der Waals surface area contributed by atoms with Crippen LogP contribution in [0.4, 0.5) is 0 Å². The van der Waals surface area contributed by atoms with Gasteiger partial charge in [0, 0.05) is 31.5 Å². The van der Waals surface area contributed by atoms with Crippen molar-refractivity contribution in [2.24, 2.45) is 0 Å². The largest absolute Gasteiger partial charge is 0.490 e. The van der Waals surface area contributed by atoms with Crippen LogP contribution < -0.4 is 9.47 Å². The molecule has 0 spiro atoms. The molecule has 27 heavy (non-hydrogen) atoms. The number of carboxylic acids is 1. The van der Waals surface area contributed by atoms with E-state index in [9.17, 15) is 14.7 Å². The Morgan fingerprint density at radius 1 is 1.22 bits per heavy atom. The predicted octanol–water partition coefficient (Wildman–Crippen LogP) is 2.97. The van der Waals surface area contributed by atoms with E-state index in [1.807, 2.05) is 6.92 Å². The van der Waals surface area contributed by atoms with Crippen molar-refractivity contribution < 1.29 is 29.3 Å². The standard InChI is InChI=1S/C19H26ClNO6/c1-3-5-10-27-16-14(20)11-13(12-15(16)26-4-2)17(22)21-8-6-19(25,7-9-21)18(23)24/h11-12,25H,3-10H2,1-2H3,(H,23,24). The minimum atomic E-state index is -1.78. The van der Waals surface area contributed by atoms with Crippen LogP contribution >= 0.6 is 11.6 Å². The molecule has 1 fully saturated rings. The molecule has 1 aliphatic heterocycles. The van der Waals surface area contributed by atoms with E-state index in [1.54, 1.807) is 6.07 Å². The molecule has 0 unspecified atom stereocenters. The van der Waals surface area contributed by atoms with Gasteiger partial charge in [-0.05, 0) is 25.5 Å². The van der Waals surface area contributed by atoms with Crippen LogP contribution in [0.3, 0.4) is 0 Å². The van der Waals surface area contributed by atoms with Gasteiger partial charge in [-0.1, -0.05) is 24.9 Å². The molecule has 1 aromatic carbocycles. The van der Waals surface area contributed by atoms with Gasteiger partial charge in [-0.2, -0.15) is 0 Å². The fourth-order valence-electron chi connectivity index (χ4n) is 2.89. The SMILES string of the molecule is CCCCOc1c(Cl)cc(C(=O)N2CCC(O)(C(=O)O)CC2)cc1OCC. The number of likely N-dealkylation sites (tertiary alicyclic amines) is 1. The Hall–Kier alpha value is -1.99. The number of hydrogen-bond donors (Lipinski definition) is 2. The molecule has 1 aliphatic rings. The summed E-state index contributed by atoms with van der Waals surface area (Å²) in [6, 6.07) is 3.13. The number of carbonyl (C=O) groups excluding carboxylic acids is 1. The molecule has 0 radical (unpaired) electrons. The van der Waals surface area contributed by atoms with Gasteiger partial charge in [0.2, 0.25) is 0 Å². The van der Waals surface area contributed by atoms with Crippen LogP contribution in [0.25, 0.3) is 0 Å². The van der Waals surface area contributed by atoms with Gasteiger partial charge in [-0.3, -0.25) is 4.79 Å². The quantitative estimate of drug-likeness (QED) is 0.652. The zero-order valence-electron chi connectivity index (χ0n) is 15.7. The summed E-state index contributed by atoms with van der Waals surface area (Å²) in [7, 11) is 0. The molecule has 1 heterocycles. The molecular weight excluding hydrogens is 374 g/mol. The first kappa shape index (κ1) is 21.3. The predicted molar refractivity (Wildman–Crippen MR) is 101 cm³/mol. The molecule has 150 valence electrons. The smallest absolute Gasteiger partial charge is 0.335 e. The second-order valence-corrected chi connectivity index (χ2v) is 6.96. The first-order chi connectivity index (χ1) is 12.8. The molecule has 1 saturated heterocycles. The molecule has 0 atom stereocenters. The maximum Gasteiger partial charge on any atom is 0.335 e. The van der Waals surface area contributed by atoms with Gasteiger partial charge in [-0.15, -0.1) is 0 Å². The van der Waals surface area contributed by atoms with Crippen LogP contribution in [0.2, 0.25) is 5.02 Å². The number of nitrogens with zero attached hydrogens (tertiary/aromatic N) is 1. The van der Waals surface area contributed by atoms with Gasteiger partial charge < -0.3 is 24.6 Å². The average Bonchev–Trinajstić information content (AvgIpc) is 2.64. The van der Waals surface area contributed by atoms with Gasteiger partial charge in [0.15, 0.2) is 17.1 Å². The molecule has 2 rings (SSSR count). The second kappa shape index (κ2) is 9.28. The van der Waals surface area contributed by atoms with Crippen molar-refractivity contribution in [2.45, 2.75) is 45.1 Å². The van der Waals surface area contributed by atoms with E-state index in [2.05, 4.69) is 6.92 Å². The lowest BCUT2D eigenvalue weighted by Crippen LogP contribution is -2.50. The summed E-state index contributed by atoms with van der Waals surface area (Å²) in [5.74, 6) is -0.721. The minimum Gasteiger partial charge on any atom is -0.490 e. The van der Waals surface area contributed by atoms with Crippen LogP contribution in [-0.2, 0) is 4.79 Å². The normalized spacial score (nSPS) is 16.1. The molecule has 8 heteroatoms. The Kier molecular flexibility index (Phi) is 7.33. The number of hydrogen-bond acceptors (Lipinski definition) is 5. The molecule has 0 saturated carbocycles. The first-order valence-corrected chi connectivity index (χ1v) is 9.54. The molecule has 7 nitrogen and oxygen atoms in total. The van der Waals surface area contributed by atoms with E-state index in [0.717, 1.165) is 12.8 Å². The van der Waals surface area contributed by atoms with E-state index in [-0.39, 0.29) is 31.8 Å². The number of amides is 1. The summed E-state index contributed by atoms with van der Waals surface area (Å²) in [4.78, 5) is 25.4. The number of halogens is 1. The summed E-state index contributed by atoms with van der Waals surface area (Å²) in [6.07, 6.45) is 1.83. The lowest BCUT2D eigenvalue weighted by molar-refractivity contribution is -0.162. The highest BCUT2D eigenvalue weighted by molar-refractivity contribution is 6.32. The maximum atomic E-state index is 12.8. The highest BCUT2D eigenvalue weighted by Gasteiger charge is 2.40. The summed E-state index contributed by atoms with van der Waals surface area (Å²) >= 11 is 6.33. The average molecular weight is 400 g/mol. The third kappa shape index (κ3) is 5.05. The maximum absolute atomic E-state index is 12.8. The Bertz CT molecular complexity index is 685. The lowest BCUT2D eigenvalue weighted by Gasteiger charge is -2.35. The van der Waals surface area contributed by atoms with Crippen molar-refractivity contribution in [2.75, 3.05) is 26.3 Å². The van der Waals surface area contributed by atoms with Crippen molar-refractivity contribution in [1.29, 1.82) is 0 Å². The Labute approximate surface area is 163 Å². The Morgan fingerprint density at radius 2 is 1.89 bits per heavy atom. The number of carboxylic acid groups (broad SMARTS) is 1. The van der Waals surface area contributed by atoms with Crippen molar-refractivity contribution in [1.82, 2.24) is 4.90 Å². The number of aliphatic hydroxyl groups is 1. The van der Waals surface area contributed by atoms with Crippen molar-refractivity contribution in [3.05, 3.63) is 22.7 Å². The molecule has 0 bridgehead atoms. The molecule has 1 amide bonds. The van der Waals surface area contributed by atoms with E-state index >= 15 is 0 Å². The van der Waals surface area contributed by atoms with Gasteiger partial charge in [0.1, 0.15) is 0 Å². The van der Waals surface area contributed by atoms with Gasteiger partial charge in [0.05, 0.1) is 18.2 Å². The zero-order valence-corrected chi connectivity index (χ0v) is 16.4. The Balaban J connectivity index is 2.18. The summed E-state index contributed by atoms with van der Waals surface area (Å²) in [5, 5.41) is 19.4. The van der Waals surface area contributed by atoms with E-state index in [1.165, 1.54) is 11.0 Å². The Morgan fingerprint density at radius 3 is 2.44 bits per heavy atom. The van der Waals surface area contributed by atoms with Crippen LogP contribution in [-0.4, -0.2) is 58.9 Å². The van der Waals surface area contributed by atoms with Crippen LogP contribution in [0.1, 0.15) is 49.9 Å². The number of carbonyl (C=O) groups is 2. The second-order valence-electron chi connectivity index (χ2n) is 6.55. The minimum absolute atomic E-state index is 0.0155. The number of aliphatic carboxylic acids is 1. The van der Waals surface area contributed by atoms with Gasteiger partial charge in [0.25, 0.3) is 5.91 Å². The highest BCUT2D eigenvalue weighted by Crippen LogP contribution is 2.37. The fourth-order valence-corrected chi connectivity index (χ4v) is 3.15. The lowest BCUT2D eigenvalue weighted by atomic mass is 9.91. The topological polar surface area (TPSA) is 96.3 Å². The summed E-state index contributed by atoms with van der Waals surface area (Å²) in [6.45, 7) is 5.09.